The molecule has 0 fully saturated rings. The molecule has 174 valence electrons. The van der Waals surface area contributed by atoms with Crippen LogP contribution in [0.2, 0.25) is 0 Å². The molecule has 8 nitrogen and oxygen atoms in total. The van der Waals surface area contributed by atoms with Gasteiger partial charge < -0.3 is 24.7 Å². The van der Waals surface area contributed by atoms with Crippen LogP contribution in [-0.4, -0.2) is 36.9 Å². The Morgan fingerprint density at radius 2 is 1.39 bits per heavy atom. The summed E-state index contributed by atoms with van der Waals surface area (Å²) >= 11 is 0. The van der Waals surface area contributed by atoms with Crippen molar-refractivity contribution in [3.05, 3.63) is 65.7 Å². The van der Waals surface area contributed by atoms with Gasteiger partial charge in [-0.25, -0.2) is 8.42 Å². The van der Waals surface area contributed by atoms with Crippen molar-refractivity contribution >= 4 is 33.6 Å². The van der Waals surface area contributed by atoms with Gasteiger partial charge in [0.1, 0.15) is 5.75 Å². The molecule has 0 aliphatic rings. The molecular formula is C24H26N2O6S. The maximum absolute atomic E-state index is 12.8. The SMILES string of the molecule is COc1ccc(C=Cc2cc(OC)c(OC)c(OC)c2)cc1NS(=O)(=O)c1cccc(N)c1. The van der Waals surface area contributed by atoms with E-state index in [2.05, 4.69) is 4.72 Å². The molecule has 0 spiro atoms. The number of anilines is 2. The molecule has 3 N–H and O–H groups in total. The first-order valence-corrected chi connectivity index (χ1v) is 11.3. The van der Waals surface area contributed by atoms with Gasteiger partial charge in [0.15, 0.2) is 11.5 Å². The van der Waals surface area contributed by atoms with Gasteiger partial charge in [-0.05, 0) is 53.6 Å². The van der Waals surface area contributed by atoms with Crippen molar-refractivity contribution in [2.75, 3.05) is 38.9 Å². The van der Waals surface area contributed by atoms with Crippen LogP contribution >= 0.6 is 0 Å². The average molecular weight is 471 g/mol. The minimum atomic E-state index is -3.86. The second-order valence-electron chi connectivity index (χ2n) is 6.93. The first kappa shape index (κ1) is 23.8. The number of nitrogens with two attached hydrogens (primary N) is 1. The van der Waals surface area contributed by atoms with Crippen LogP contribution in [0.3, 0.4) is 0 Å². The third-order valence-corrected chi connectivity index (χ3v) is 6.15. The fraction of sp³-hybridized carbons (Fsp3) is 0.167. The van der Waals surface area contributed by atoms with Crippen molar-refractivity contribution in [3.8, 4) is 23.0 Å². The smallest absolute Gasteiger partial charge is 0.262 e. The van der Waals surface area contributed by atoms with Crippen molar-refractivity contribution in [2.24, 2.45) is 0 Å². The lowest BCUT2D eigenvalue weighted by Crippen LogP contribution is -2.14. The number of ether oxygens (including phenoxy) is 4. The minimum Gasteiger partial charge on any atom is -0.495 e. The predicted octanol–water partition coefficient (Wildman–Crippen LogP) is 4.27. The van der Waals surface area contributed by atoms with Crippen molar-refractivity contribution < 1.29 is 27.4 Å². The molecule has 33 heavy (non-hydrogen) atoms. The summed E-state index contributed by atoms with van der Waals surface area (Å²) in [6.45, 7) is 0. The zero-order chi connectivity index (χ0) is 24.0. The summed E-state index contributed by atoms with van der Waals surface area (Å²) in [5.41, 5.74) is 7.94. The third kappa shape index (κ3) is 5.50. The summed E-state index contributed by atoms with van der Waals surface area (Å²) in [6.07, 6.45) is 3.68. The average Bonchev–Trinajstić information content (AvgIpc) is 2.81. The highest BCUT2D eigenvalue weighted by molar-refractivity contribution is 7.92. The number of hydrogen-bond donors (Lipinski definition) is 2. The summed E-state index contributed by atoms with van der Waals surface area (Å²) in [7, 11) is 2.25. The van der Waals surface area contributed by atoms with Crippen LogP contribution in [0, 0.1) is 0 Å². The Hall–Kier alpha value is -3.85. The molecule has 0 radical (unpaired) electrons. The number of nitrogen functional groups attached to an aromatic ring is 1. The van der Waals surface area contributed by atoms with Crippen LogP contribution in [0.5, 0.6) is 23.0 Å². The molecule has 0 amide bonds. The maximum atomic E-state index is 12.8. The molecule has 0 aromatic heterocycles. The molecule has 0 saturated carbocycles. The van der Waals surface area contributed by atoms with E-state index in [4.69, 9.17) is 24.7 Å². The van der Waals surface area contributed by atoms with Crippen molar-refractivity contribution in [1.29, 1.82) is 0 Å². The lowest BCUT2D eigenvalue weighted by molar-refractivity contribution is 0.324. The van der Waals surface area contributed by atoms with Gasteiger partial charge >= 0.3 is 0 Å². The van der Waals surface area contributed by atoms with Gasteiger partial charge in [-0.15, -0.1) is 0 Å². The van der Waals surface area contributed by atoms with Gasteiger partial charge in [-0.1, -0.05) is 24.3 Å². The quantitative estimate of drug-likeness (QED) is 0.355. The highest BCUT2D eigenvalue weighted by Gasteiger charge is 2.17. The largest absolute Gasteiger partial charge is 0.495 e. The van der Waals surface area contributed by atoms with Gasteiger partial charge in [0.05, 0.1) is 39.0 Å². The van der Waals surface area contributed by atoms with Gasteiger partial charge in [-0.2, -0.15) is 0 Å². The van der Waals surface area contributed by atoms with Crippen molar-refractivity contribution in [1.82, 2.24) is 0 Å². The molecule has 0 atom stereocenters. The number of methoxy groups -OCH3 is 4. The Morgan fingerprint density at radius 3 is 1.97 bits per heavy atom. The molecule has 3 rings (SSSR count). The van der Waals surface area contributed by atoms with E-state index in [1.165, 1.54) is 19.2 Å². The van der Waals surface area contributed by atoms with Crippen LogP contribution in [-0.2, 0) is 10.0 Å². The maximum Gasteiger partial charge on any atom is 0.262 e. The molecular weight excluding hydrogens is 444 g/mol. The molecule has 0 aliphatic carbocycles. The van der Waals surface area contributed by atoms with Crippen LogP contribution in [0.4, 0.5) is 11.4 Å². The van der Waals surface area contributed by atoms with Gasteiger partial charge in [0.25, 0.3) is 10.0 Å². The topological polar surface area (TPSA) is 109 Å². The standard InChI is InChI=1S/C24H26N2O6S/c1-29-21-11-10-16(8-9-17-13-22(30-2)24(32-4)23(14-17)31-3)12-20(21)26-33(27,28)19-7-5-6-18(25)15-19/h5-15,26H,25H2,1-4H3. The van der Waals surface area contributed by atoms with E-state index < -0.39 is 10.0 Å². The lowest BCUT2D eigenvalue weighted by Gasteiger charge is -2.13. The third-order valence-electron chi connectivity index (χ3n) is 4.79. The molecule has 9 heteroatoms. The van der Waals surface area contributed by atoms with Crippen LogP contribution < -0.4 is 29.4 Å². The van der Waals surface area contributed by atoms with Crippen molar-refractivity contribution in [3.63, 3.8) is 0 Å². The Morgan fingerprint density at radius 1 is 0.758 bits per heavy atom. The fourth-order valence-electron chi connectivity index (χ4n) is 3.18. The van der Waals surface area contributed by atoms with Crippen molar-refractivity contribution in [2.45, 2.75) is 4.90 Å². The molecule has 3 aromatic carbocycles. The first-order valence-electron chi connectivity index (χ1n) is 9.85. The molecule has 0 heterocycles. The van der Waals surface area contributed by atoms with E-state index in [1.54, 1.807) is 45.6 Å². The van der Waals surface area contributed by atoms with E-state index in [0.717, 1.165) is 11.1 Å². The summed E-state index contributed by atoms with van der Waals surface area (Å²) < 4.78 is 49.7. The van der Waals surface area contributed by atoms with E-state index in [1.807, 2.05) is 30.4 Å². The minimum absolute atomic E-state index is 0.0583. The summed E-state index contributed by atoms with van der Waals surface area (Å²) in [5.74, 6) is 1.94. The zero-order valence-corrected chi connectivity index (χ0v) is 19.6. The zero-order valence-electron chi connectivity index (χ0n) is 18.8. The number of nitrogens with one attached hydrogen (secondary N) is 1. The van der Waals surface area contributed by atoms with Crippen LogP contribution in [0.1, 0.15) is 11.1 Å². The van der Waals surface area contributed by atoms with E-state index in [0.29, 0.717) is 34.4 Å². The van der Waals surface area contributed by atoms with Gasteiger partial charge in [0.2, 0.25) is 5.75 Å². The number of benzene rings is 3. The summed E-state index contributed by atoms with van der Waals surface area (Å²) in [5, 5.41) is 0. The molecule has 0 aliphatic heterocycles. The summed E-state index contributed by atoms with van der Waals surface area (Å²) in [6, 6.07) is 14.9. The predicted molar refractivity (Wildman–Crippen MR) is 130 cm³/mol. The monoisotopic (exact) mass is 470 g/mol. The Bertz CT molecular complexity index is 1250. The highest BCUT2D eigenvalue weighted by Crippen LogP contribution is 2.38. The lowest BCUT2D eigenvalue weighted by atomic mass is 10.1. The number of sulfonamides is 1. The van der Waals surface area contributed by atoms with E-state index in [-0.39, 0.29) is 4.90 Å². The summed E-state index contributed by atoms with van der Waals surface area (Å²) in [4.78, 5) is 0.0583. The fourth-order valence-corrected chi connectivity index (χ4v) is 4.30. The molecule has 0 saturated heterocycles. The van der Waals surface area contributed by atoms with E-state index >= 15 is 0 Å². The van der Waals surface area contributed by atoms with Crippen LogP contribution in [0.25, 0.3) is 12.2 Å². The second-order valence-corrected chi connectivity index (χ2v) is 8.61. The number of hydrogen-bond acceptors (Lipinski definition) is 7. The Labute approximate surface area is 193 Å². The normalized spacial score (nSPS) is 11.3. The van der Waals surface area contributed by atoms with E-state index in [9.17, 15) is 8.42 Å². The number of rotatable bonds is 9. The highest BCUT2D eigenvalue weighted by atomic mass is 32.2. The molecule has 3 aromatic rings. The van der Waals surface area contributed by atoms with Gasteiger partial charge in [-0.3, -0.25) is 4.72 Å². The Balaban J connectivity index is 1.94. The molecule has 0 bridgehead atoms. The second kappa shape index (κ2) is 10.2. The molecule has 0 unspecified atom stereocenters. The van der Waals surface area contributed by atoms with Crippen LogP contribution in [0.15, 0.2) is 59.5 Å². The first-order chi connectivity index (χ1) is 15.8. The van der Waals surface area contributed by atoms with Gasteiger partial charge in [0, 0.05) is 5.69 Å². The Kier molecular flexibility index (Phi) is 7.34.